The molecule has 0 spiro atoms. The van der Waals surface area contributed by atoms with Crippen LogP contribution in [-0.4, -0.2) is 45.3 Å². The summed E-state index contributed by atoms with van der Waals surface area (Å²) in [5.41, 5.74) is 8.83. The molecule has 0 aliphatic carbocycles. The molecule has 5 rings (SSSR count). The second kappa shape index (κ2) is 9.51. The van der Waals surface area contributed by atoms with E-state index < -0.39 is 17.9 Å². The Balaban J connectivity index is 1.57. The Bertz CT molecular complexity index is 1620. The molecule has 1 aliphatic rings. The van der Waals surface area contributed by atoms with Crippen LogP contribution in [0.4, 0.5) is 0 Å². The molecule has 9 nitrogen and oxygen atoms in total. The Hall–Kier alpha value is -4.50. The van der Waals surface area contributed by atoms with E-state index in [2.05, 4.69) is 10.6 Å². The van der Waals surface area contributed by atoms with Gasteiger partial charge in [0.25, 0.3) is 11.8 Å². The van der Waals surface area contributed by atoms with Gasteiger partial charge in [-0.25, -0.2) is 0 Å². The topological polar surface area (TPSA) is 128 Å². The summed E-state index contributed by atoms with van der Waals surface area (Å²) in [7, 11) is 1.89. The van der Waals surface area contributed by atoms with Crippen LogP contribution in [-0.2, 0) is 21.4 Å². The molecule has 2 aromatic carbocycles. The van der Waals surface area contributed by atoms with E-state index in [9.17, 15) is 19.2 Å². The summed E-state index contributed by atoms with van der Waals surface area (Å²) in [5.74, 6) is -1.42. The SMILES string of the molecule is C[C@H](N)C(=O)NCCCC(=O)n1cc(C2=C(c3cn(C)c4ccccc34)C(=O)NC2=O)c2ccccc21. The number of hydrogen-bond donors (Lipinski definition) is 3. The van der Waals surface area contributed by atoms with Crippen molar-refractivity contribution in [3.63, 3.8) is 0 Å². The number of hydrogen-bond acceptors (Lipinski definition) is 5. The van der Waals surface area contributed by atoms with Gasteiger partial charge in [0.2, 0.25) is 11.8 Å². The van der Waals surface area contributed by atoms with Crippen molar-refractivity contribution >= 4 is 56.6 Å². The molecule has 1 atom stereocenters. The lowest BCUT2D eigenvalue weighted by atomic mass is 9.95. The number of para-hydroxylation sites is 2. The smallest absolute Gasteiger partial charge is 0.259 e. The molecule has 37 heavy (non-hydrogen) atoms. The fraction of sp³-hybridized carbons (Fsp3) is 0.214. The average molecular weight is 498 g/mol. The minimum absolute atomic E-state index is 0.178. The van der Waals surface area contributed by atoms with Gasteiger partial charge in [0, 0.05) is 59.8 Å². The molecule has 3 heterocycles. The van der Waals surface area contributed by atoms with Gasteiger partial charge in [-0.3, -0.25) is 29.1 Å². The molecule has 188 valence electrons. The second-order valence-electron chi connectivity index (χ2n) is 9.21. The van der Waals surface area contributed by atoms with Crippen LogP contribution < -0.4 is 16.4 Å². The standard InChI is InChI=1S/C28H27N5O4/c1-16(29)26(35)30-13-7-12-23(34)33-15-20(18-9-4-6-11-22(18)33)25-24(27(36)31-28(25)37)19-14-32(2)21-10-5-3-8-17(19)21/h3-6,8-11,14-16H,7,12-13,29H2,1-2H3,(H,30,35)(H,31,36,37)/t16-/m0/s1. The molecule has 2 aromatic heterocycles. The maximum absolute atomic E-state index is 13.2. The van der Waals surface area contributed by atoms with Crippen molar-refractivity contribution in [2.45, 2.75) is 25.8 Å². The van der Waals surface area contributed by atoms with Crippen molar-refractivity contribution in [1.29, 1.82) is 0 Å². The molecule has 3 amide bonds. The number of benzene rings is 2. The third kappa shape index (κ3) is 4.23. The predicted molar refractivity (Wildman–Crippen MR) is 141 cm³/mol. The van der Waals surface area contributed by atoms with Gasteiger partial charge in [0.05, 0.1) is 22.7 Å². The van der Waals surface area contributed by atoms with E-state index in [0.717, 1.165) is 10.9 Å². The molecule has 0 saturated heterocycles. The van der Waals surface area contributed by atoms with E-state index in [1.165, 1.54) is 4.57 Å². The number of aromatic nitrogens is 2. The normalized spacial score (nSPS) is 14.5. The first kappa shape index (κ1) is 24.2. The fourth-order valence-corrected chi connectivity index (χ4v) is 4.83. The lowest BCUT2D eigenvalue weighted by molar-refractivity contribution is -0.123. The van der Waals surface area contributed by atoms with Crippen LogP contribution in [0.5, 0.6) is 0 Å². The molecule has 0 unspecified atom stereocenters. The lowest BCUT2D eigenvalue weighted by Gasteiger charge is -2.08. The molecule has 1 aliphatic heterocycles. The number of imide groups is 1. The van der Waals surface area contributed by atoms with E-state index in [0.29, 0.717) is 35.0 Å². The summed E-state index contributed by atoms with van der Waals surface area (Å²) in [6, 6.07) is 14.4. The molecule has 4 aromatic rings. The lowest BCUT2D eigenvalue weighted by Crippen LogP contribution is -2.38. The first-order valence-corrected chi connectivity index (χ1v) is 12.1. The van der Waals surface area contributed by atoms with Crippen molar-refractivity contribution in [3.8, 4) is 0 Å². The zero-order valence-corrected chi connectivity index (χ0v) is 20.6. The third-order valence-corrected chi connectivity index (χ3v) is 6.63. The summed E-state index contributed by atoms with van der Waals surface area (Å²) in [5, 5.41) is 6.70. The maximum atomic E-state index is 13.2. The number of carbonyl (C=O) groups excluding carboxylic acids is 4. The number of nitrogens with two attached hydrogens (primary N) is 1. The van der Waals surface area contributed by atoms with Crippen molar-refractivity contribution in [2.75, 3.05) is 6.54 Å². The van der Waals surface area contributed by atoms with E-state index in [1.807, 2.05) is 60.3 Å². The molecule has 4 N–H and O–H groups in total. The monoisotopic (exact) mass is 497 g/mol. The molecule has 0 bridgehead atoms. The van der Waals surface area contributed by atoms with Crippen molar-refractivity contribution < 1.29 is 19.2 Å². The Morgan fingerprint density at radius 1 is 0.919 bits per heavy atom. The largest absolute Gasteiger partial charge is 0.355 e. The number of fused-ring (bicyclic) bond motifs is 2. The van der Waals surface area contributed by atoms with E-state index in [4.69, 9.17) is 5.73 Å². The van der Waals surface area contributed by atoms with Crippen LogP contribution >= 0.6 is 0 Å². The number of aryl methyl sites for hydroxylation is 1. The number of nitrogens with one attached hydrogen (secondary N) is 2. The first-order chi connectivity index (χ1) is 17.8. The molecule has 0 radical (unpaired) electrons. The minimum atomic E-state index is -0.615. The quantitative estimate of drug-likeness (QED) is 0.267. The summed E-state index contributed by atoms with van der Waals surface area (Å²) >= 11 is 0. The molecule has 0 fully saturated rings. The highest BCUT2D eigenvalue weighted by Gasteiger charge is 2.35. The zero-order chi connectivity index (χ0) is 26.3. The van der Waals surface area contributed by atoms with Crippen LogP contribution in [0, 0.1) is 0 Å². The highest BCUT2D eigenvalue weighted by molar-refractivity contribution is 6.50. The second-order valence-corrected chi connectivity index (χ2v) is 9.21. The van der Waals surface area contributed by atoms with Gasteiger partial charge in [0.1, 0.15) is 0 Å². The Morgan fingerprint density at radius 2 is 1.49 bits per heavy atom. The van der Waals surface area contributed by atoms with Crippen molar-refractivity contribution in [1.82, 2.24) is 19.8 Å². The number of rotatable bonds is 7. The summed E-state index contributed by atoms with van der Waals surface area (Å²) in [4.78, 5) is 51.0. The molecular formula is C28H27N5O4. The Morgan fingerprint density at radius 3 is 2.14 bits per heavy atom. The maximum Gasteiger partial charge on any atom is 0.259 e. The van der Waals surface area contributed by atoms with E-state index >= 15 is 0 Å². The van der Waals surface area contributed by atoms with Gasteiger partial charge < -0.3 is 15.6 Å². The number of nitrogens with zero attached hydrogens (tertiary/aromatic N) is 2. The summed E-state index contributed by atoms with van der Waals surface area (Å²) < 4.78 is 3.43. The van der Waals surface area contributed by atoms with Crippen LogP contribution in [0.2, 0.25) is 0 Å². The van der Waals surface area contributed by atoms with Crippen LogP contribution in [0.3, 0.4) is 0 Å². The Labute approximate surface area is 212 Å². The molecular weight excluding hydrogens is 470 g/mol. The van der Waals surface area contributed by atoms with Crippen molar-refractivity contribution in [3.05, 3.63) is 72.1 Å². The van der Waals surface area contributed by atoms with Gasteiger partial charge in [0.15, 0.2) is 0 Å². The predicted octanol–water partition coefficient (Wildman–Crippen LogP) is 2.58. The van der Waals surface area contributed by atoms with Crippen LogP contribution in [0.15, 0.2) is 60.9 Å². The van der Waals surface area contributed by atoms with Crippen molar-refractivity contribution in [2.24, 2.45) is 12.8 Å². The third-order valence-electron chi connectivity index (χ3n) is 6.63. The van der Waals surface area contributed by atoms with Gasteiger partial charge in [-0.1, -0.05) is 36.4 Å². The number of carbonyl (C=O) groups is 4. The van der Waals surface area contributed by atoms with Gasteiger partial charge >= 0.3 is 0 Å². The van der Waals surface area contributed by atoms with Gasteiger partial charge in [-0.15, -0.1) is 0 Å². The molecule has 9 heteroatoms. The highest BCUT2D eigenvalue weighted by Crippen LogP contribution is 2.38. The summed E-state index contributed by atoms with van der Waals surface area (Å²) in [6.45, 7) is 1.92. The molecule has 0 saturated carbocycles. The van der Waals surface area contributed by atoms with Gasteiger partial charge in [-0.05, 0) is 25.5 Å². The zero-order valence-electron chi connectivity index (χ0n) is 20.6. The summed E-state index contributed by atoms with van der Waals surface area (Å²) in [6.07, 6.45) is 4.09. The fourth-order valence-electron chi connectivity index (χ4n) is 4.83. The van der Waals surface area contributed by atoms with E-state index in [-0.39, 0.29) is 29.4 Å². The average Bonchev–Trinajstić information content (AvgIpc) is 3.52. The minimum Gasteiger partial charge on any atom is -0.355 e. The first-order valence-electron chi connectivity index (χ1n) is 12.1. The Kier molecular flexibility index (Phi) is 6.22. The van der Waals surface area contributed by atoms with Crippen LogP contribution in [0.1, 0.15) is 35.7 Å². The van der Waals surface area contributed by atoms with Crippen LogP contribution in [0.25, 0.3) is 33.0 Å². The van der Waals surface area contributed by atoms with E-state index in [1.54, 1.807) is 19.2 Å². The van der Waals surface area contributed by atoms with Gasteiger partial charge in [-0.2, -0.15) is 0 Å². The number of amides is 3. The highest BCUT2D eigenvalue weighted by atomic mass is 16.2.